The molecule has 0 aliphatic carbocycles. The first-order valence-corrected chi connectivity index (χ1v) is 9.04. The summed E-state index contributed by atoms with van der Waals surface area (Å²) in [6.07, 6.45) is 7.22. The second-order valence-electron chi connectivity index (χ2n) is 5.12. The number of rotatable bonds is 4. The van der Waals surface area contributed by atoms with E-state index in [0.717, 1.165) is 48.2 Å². The molecule has 21 heavy (non-hydrogen) atoms. The molecule has 3 rings (SSSR count). The minimum Gasteiger partial charge on any atom is -0.343 e. The van der Waals surface area contributed by atoms with Crippen LogP contribution in [-0.2, 0) is 16.6 Å². The zero-order chi connectivity index (χ0) is 15.0. The topological polar surface area (TPSA) is 94.1 Å². The molecule has 0 radical (unpaired) electrons. The quantitative estimate of drug-likeness (QED) is 0.903. The predicted molar refractivity (Wildman–Crippen MR) is 80.8 cm³/mol. The van der Waals surface area contributed by atoms with Crippen LogP contribution in [-0.4, -0.2) is 35.5 Å². The smallest absolute Gasteiger partial charge is 0.249 e. The fraction of sp³-hybridized carbons (Fsp3) is 0.500. The van der Waals surface area contributed by atoms with E-state index in [0.29, 0.717) is 6.04 Å². The average Bonchev–Trinajstić information content (AvgIpc) is 3.10. The van der Waals surface area contributed by atoms with Crippen LogP contribution in [0.1, 0.15) is 18.7 Å². The monoisotopic (exact) mass is 327 g/mol. The number of imidazole rings is 1. The molecule has 1 fully saturated rings. The van der Waals surface area contributed by atoms with Gasteiger partial charge in [0.2, 0.25) is 10.0 Å². The second kappa shape index (κ2) is 5.39. The molecule has 9 heteroatoms. The number of aromatic nitrogens is 3. The van der Waals surface area contributed by atoms with Crippen LogP contribution in [0.4, 0.5) is 5.13 Å². The van der Waals surface area contributed by atoms with Gasteiger partial charge < -0.3 is 9.47 Å². The van der Waals surface area contributed by atoms with E-state index in [1.165, 1.54) is 6.20 Å². The van der Waals surface area contributed by atoms with Gasteiger partial charge in [0.1, 0.15) is 5.82 Å². The normalized spacial score (nSPS) is 19.3. The van der Waals surface area contributed by atoms with Crippen molar-refractivity contribution in [2.24, 2.45) is 5.14 Å². The second-order valence-corrected chi connectivity index (χ2v) is 7.92. The molecule has 0 spiro atoms. The van der Waals surface area contributed by atoms with E-state index >= 15 is 0 Å². The van der Waals surface area contributed by atoms with Crippen LogP contribution >= 0.6 is 11.3 Å². The summed E-state index contributed by atoms with van der Waals surface area (Å²) in [5.41, 5.74) is 0. The van der Waals surface area contributed by atoms with Gasteiger partial charge >= 0.3 is 0 Å². The van der Waals surface area contributed by atoms with E-state index in [9.17, 15) is 8.42 Å². The van der Waals surface area contributed by atoms with Crippen LogP contribution in [0.25, 0.3) is 0 Å². The van der Waals surface area contributed by atoms with Gasteiger partial charge in [0.15, 0.2) is 9.34 Å². The van der Waals surface area contributed by atoms with Crippen LogP contribution in [0.3, 0.4) is 0 Å². The molecule has 1 aliphatic heterocycles. The third kappa shape index (κ3) is 2.94. The summed E-state index contributed by atoms with van der Waals surface area (Å²) < 4.78 is 24.9. The molecule has 3 heterocycles. The SMILES string of the molecule is Cc1nccn1CC1CCCN1c1ncc(S(N)(=O)=O)s1. The molecular weight excluding hydrogens is 310 g/mol. The van der Waals surface area contributed by atoms with Crippen LogP contribution in [0, 0.1) is 6.92 Å². The van der Waals surface area contributed by atoms with Crippen molar-refractivity contribution in [1.82, 2.24) is 14.5 Å². The summed E-state index contributed by atoms with van der Waals surface area (Å²) in [4.78, 5) is 10.6. The number of primary sulfonamides is 1. The number of nitrogens with two attached hydrogens (primary N) is 1. The van der Waals surface area contributed by atoms with Crippen molar-refractivity contribution in [3.8, 4) is 0 Å². The molecule has 114 valence electrons. The van der Waals surface area contributed by atoms with Crippen molar-refractivity contribution in [3.05, 3.63) is 24.4 Å². The Hall–Kier alpha value is -1.45. The van der Waals surface area contributed by atoms with E-state index in [4.69, 9.17) is 5.14 Å². The van der Waals surface area contributed by atoms with Crippen molar-refractivity contribution in [3.63, 3.8) is 0 Å². The summed E-state index contributed by atoms with van der Waals surface area (Å²) in [6.45, 7) is 3.69. The fourth-order valence-corrected chi connectivity index (χ4v) is 4.25. The number of hydrogen-bond donors (Lipinski definition) is 1. The third-order valence-electron chi connectivity index (χ3n) is 3.71. The molecule has 1 saturated heterocycles. The van der Waals surface area contributed by atoms with Gasteiger partial charge in [-0.25, -0.2) is 23.5 Å². The number of aryl methyl sites for hydroxylation is 1. The Bertz CT molecular complexity index is 736. The Morgan fingerprint density at radius 1 is 1.48 bits per heavy atom. The van der Waals surface area contributed by atoms with E-state index < -0.39 is 10.0 Å². The van der Waals surface area contributed by atoms with Crippen LogP contribution in [0.2, 0.25) is 0 Å². The third-order valence-corrected chi connectivity index (χ3v) is 6.15. The number of anilines is 1. The fourth-order valence-electron chi connectivity index (χ4n) is 2.62. The molecule has 1 aliphatic rings. The zero-order valence-corrected chi connectivity index (χ0v) is 13.3. The van der Waals surface area contributed by atoms with Crippen molar-refractivity contribution < 1.29 is 8.42 Å². The Labute approximate surface area is 127 Å². The van der Waals surface area contributed by atoms with E-state index in [2.05, 4.69) is 19.4 Å². The minimum atomic E-state index is -3.67. The van der Waals surface area contributed by atoms with Crippen molar-refractivity contribution in [1.29, 1.82) is 0 Å². The van der Waals surface area contributed by atoms with Gasteiger partial charge in [-0.15, -0.1) is 0 Å². The Morgan fingerprint density at radius 3 is 2.90 bits per heavy atom. The van der Waals surface area contributed by atoms with Gasteiger partial charge in [0, 0.05) is 31.5 Å². The van der Waals surface area contributed by atoms with Crippen LogP contribution in [0.15, 0.2) is 22.8 Å². The lowest BCUT2D eigenvalue weighted by atomic mass is 10.2. The molecule has 0 amide bonds. The van der Waals surface area contributed by atoms with Gasteiger partial charge in [-0.1, -0.05) is 11.3 Å². The maximum absolute atomic E-state index is 11.4. The highest BCUT2D eigenvalue weighted by Gasteiger charge is 2.28. The summed E-state index contributed by atoms with van der Waals surface area (Å²) >= 11 is 1.13. The molecule has 2 aromatic heterocycles. The largest absolute Gasteiger partial charge is 0.343 e. The van der Waals surface area contributed by atoms with Crippen molar-refractivity contribution >= 4 is 26.5 Å². The van der Waals surface area contributed by atoms with Gasteiger partial charge in [-0.3, -0.25) is 0 Å². The molecule has 0 aromatic carbocycles. The maximum atomic E-state index is 11.4. The lowest BCUT2D eigenvalue weighted by Crippen LogP contribution is -2.32. The Morgan fingerprint density at radius 2 is 2.29 bits per heavy atom. The first-order chi connectivity index (χ1) is 9.95. The highest BCUT2D eigenvalue weighted by molar-refractivity contribution is 7.91. The number of nitrogens with zero attached hydrogens (tertiary/aromatic N) is 4. The maximum Gasteiger partial charge on any atom is 0.249 e. The Balaban J connectivity index is 1.81. The summed E-state index contributed by atoms with van der Waals surface area (Å²) in [5, 5.41) is 5.87. The lowest BCUT2D eigenvalue weighted by Gasteiger charge is -2.24. The first-order valence-electron chi connectivity index (χ1n) is 6.68. The molecular formula is C12H17N5O2S2. The van der Waals surface area contributed by atoms with Crippen molar-refractivity contribution in [2.75, 3.05) is 11.4 Å². The molecule has 1 unspecified atom stereocenters. The van der Waals surface area contributed by atoms with Crippen LogP contribution in [0.5, 0.6) is 0 Å². The van der Waals surface area contributed by atoms with Gasteiger partial charge in [0.05, 0.1) is 6.20 Å². The molecule has 2 N–H and O–H groups in total. The van der Waals surface area contributed by atoms with Gasteiger partial charge in [0.25, 0.3) is 0 Å². The minimum absolute atomic E-state index is 0.113. The molecule has 1 atom stereocenters. The lowest BCUT2D eigenvalue weighted by molar-refractivity contribution is 0.540. The van der Waals surface area contributed by atoms with Gasteiger partial charge in [-0.05, 0) is 19.8 Å². The number of sulfonamides is 1. The molecule has 2 aromatic rings. The summed E-state index contributed by atoms with van der Waals surface area (Å²) in [7, 11) is -3.67. The molecule has 0 bridgehead atoms. The van der Waals surface area contributed by atoms with Crippen LogP contribution < -0.4 is 10.0 Å². The predicted octanol–water partition coefficient (Wildman–Crippen LogP) is 0.964. The zero-order valence-electron chi connectivity index (χ0n) is 11.6. The van der Waals surface area contributed by atoms with E-state index in [1.807, 2.05) is 13.1 Å². The van der Waals surface area contributed by atoms with Gasteiger partial charge in [-0.2, -0.15) is 0 Å². The highest BCUT2D eigenvalue weighted by atomic mass is 32.2. The highest BCUT2D eigenvalue weighted by Crippen LogP contribution is 2.31. The standard InChI is InChI=1S/C12H17N5O2S2/c1-9-14-4-6-16(9)8-10-3-2-5-17(10)12-15-7-11(20-12)21(13,18)19/h4,6-7,10H,2-3,5,8H2,1H3,(H2,13,18,19). The average molecular weight is 327 g/mol. The Kier molecular flexibility index (Phi) is 3.72. The van der Waals surface area contributed by atoms with E-state index in [-0.39, 0.29) is 4.21 Å². The molecule has 0 saturated carbocycles. The first kappa shape index (κ1) is 14.5. The summed E-state index contributed by atoms with van der Waals surface area (Å²) in [5.74, 6) is 0.978. The number of thiazole rings is 1. The summed E-state index contributed by atoms with van der Waals surface area (Å²) in [6, 6.07) is 0.303. The van der Waals surface area contributed by atoms with E-state index in [1.54, 1.807) is 6.20 Å². The van der Waals surface area contributed by atoms with Crippen molar-refractivity contribution in [2.45, 2.75) is 36.6 Å². The molecule has 7 nitrogen and oxygen atoms in total. The number of hydrogen-bond acceptors (Lipinski definition) is 6.